The molecule has 0 radical (unpaired) electrons. The Morgan fingerprint density at radius 2 is 1.68 bits per heavy atom. The molecule has 0 saturated heterocycles. The summed E-state index contributed by atoms with van der Waals surface area (Å²) in [5.74, 6) is 0.946. The lowest BCUT2D eigenvalue weighted by Gasteiger charge is -2.31. The predicted octanol–water partition coefficient (Wildman–Crippen LogP) is 6.75. The first-order valence-corrected chi connectivity index (χ1v) is 13.0. The molecule has 0 saturated carbocycles. The molecular formula is C31H28ClN5O. The van der Waals surface area contributed by atoms with Gasteiger partial charge in [-0.15, -0.1) is 0 Å². The molecule has 5 aromatic rings. The minimum absolute atomic E-state index is 0.141. The molecule has 0 bridgehead atoms. The van der Waals surface area contributed by atoms with Gasteiger partial charge in [0.05, 0.1) is 29.7 Å². The third-order valence-electron chi connectivity index (χ3n) is 7.10. The summed E-state index contributed by atoms with van der Waals surface area (Å²) in [6.45, 7) is 4.91. The highest BCUT2D eigenvalue weighted by Gasteiger charge is 2.35. The van der Waals surface area contributed by atoms with Crippen molar-refractivity contribution in [1.82, 2.24) is 24.6 Å². The van der Waals surface area contributed by atoms with Gasteiger partial charge in [0.1, 0.15) is 5.82 Å². The molecule has 2 aromatic heterocycles. The monoisotopic (exact) mass is 521 g/mol. The van der Waals surface area contributed by atoms with Crippen LogP contribution in [0.4, 0.5) is 4.79 Å². The zero-order chi connectivity index (χ0) is 26.2. The summed E-state index contributed by atoms with van der Waals surface area (Å²) < 4.78 is 4.13. The van der Waals surface area contributed by atoms with E-state index >= 15 is 0 Å². The molecule has 3 heterocycles. The third kappa shape index (κ3) is 4.37. The molecule has 2 amide bonds. The van der Waals surface area contributed by atoms with Gasteiger partial charge in [0, 0.05) is 23.3 Å². The van der Waals surface area contributed by atoms with Crippen molar-refractivity contribution in [3.63, 3.8) is 0 Å². The number of carbonyl (C=O) groups excluding carboxylic acids is 1. The molecule has 7 heteroatoms. The van der Waals surface area contributed by atoms with Crippen LogP contribution in [0.5, 0.6) is 0 Å². The second-order valence-corrected chi connectivity index (χ2v) is 10.1. The van der Waals surface area contributed by atoms with E-state index < -0.39 is 0 Å². The van der Waals surface area contributed by atoms with Crippen LogP contribution >= 0.6 is 11.6 Å². The number of urea groups is 1. The van der Waals surface area contributed by atoms with Crippen LogP contribution in [0, 0.1) is 13.8 Å². The van der Waals surface area contributed by atoms with E-state index in [-0.39, 0.29) is 12.1 Å². The van der Waals surface area contributed by atoms with Crippen LogP contribution in [0.15, 0.2) is 97.2 Å². The van der Waals surface area contributed by atoms with E-state index in [1.807, 2.05) is 95.5 Å². The first-order valence-electron chi connectivity index (χ1n) is 12.7. The zero-order valence-electron chi connectivity index (χ0n) is 21.3. The SMILES string of the molecule is Cc1ccc(CNC(=O)N2Cc3c(C)nn(-c4ccccc4)c3-n3cccc3C2c2ccc(Cl)cc2)cc1. The van der Waals surface area contributed by atoms with Gasteiger partial charge in [-0.25, -0.2) is 9.48 Å². The number of amides is 2. The Labute approximate surface area is 227 Å². The fourth-order valence-electron chi connectivity index (χ4n) is 5.13. The van der Waals surface area contributed by atoms with Crippen molar-refractivity contribution in [1.29, 1.82) is 0 Å². The predicted molar refractivity (Wildman–Crippen MR) is 150 cm³/mol. The second-order valence-electron chi connectivity index (χ2n) is 9.66. The standard InChI is InChI=1S/C31H28ClN5O/c1-21-10-12-23(13-11-21)19-33-31(38)36-20-27-22(2)34-37(26-7-4-3-5-8-26)30(27)35-18-6-9-28(35)29(36)24-14-16-25(32)17-15-24/h3-18,29H,19-20H2,1-2H3,(H,33,38). The molecule has 1 unspecified atom stereocenters. The molecule has 38 heavy (non-hydrogen) atoms. The summed E-state index contributed by atoms with van der Waals surface area (Å²) >= 11 is 6.24. The number of para-hydroxylation sites is 1. The third-order valence-corrected chi connectivity index (χ3v) is 7.35. The Morgan fingerprint density at radius 1 is 0.947 bits per heavy atom. The summed E-state index contributed by atoms with van der Waals surface area (Å²) in [4.78, 5) is 15.8. The van der Waals surface area contributed by atoms with Gasteiger partial charge in [0.25, 0.3) is 0 Å². The fourth-order valence-corrected chi connectivity index (χ4v) is 5.26. The number of nitrogens with one attached hydrogen (secondary N) is 1. The molecule has 0 aliphatic carbocycles. The highest BCUT2D eigenvalue weighted by molar-refractivity contribution is 6.30. The highest BCUT2D eigenvalue weighted by Crippen LogP contribution is 2.38. The smallest absolute Gasteiger partial charge is 0.318 e. The van der Waals surface area contributed by atoms with E-state index in [1.54, 1.807) is 0 Å². The molecule has 190 valence electrons. The van der Waals surface area contributed by atoms with Crippen molar-refractivity contribution in [2.75, 3.05) is 0 Å². The molecule has 3 aromatic carbocycles. The van der Waals surface area contributed by atoms with Crippen LogP contribution in [0.2, 0.25) is 5.02 Å². The maximum absolute atomic E-state index is 13.9. The summed E-state index contributed by atoms with van der Waals surface area (Å²) in [7, 11) is 0. The van der Waals surface area contributed by atoms with Crippen LogP contribution < -0.4 is 5.32 Å². The first kappa shape index (κ1) is 24.1. The summed E-state index contributed by atoms with van der Waals surface area (Å²) in [5, 5.41) is 8.73. The van der Waals surface area contributed by atoms with Gasteiger partial charge in [-0.2, -0.15) is 5.10 Å². The van der Waals surface area contributed by atoms with Gasteiger partial charge in [-0.05, 0) is 61.4 Å². The highest BCUT2D eigenvalue weighted by atomic mass is 35.5. The van der Waals surface area contributed by atoms with E-state index in [0.29, 0.717) is 18.1 Å². The van der Waals surface area contributed by atoms with Gasteiger partial charge in [-0.1, -0.05) is 71.8 Å². The van der Waals surface area contributed by atoms with Crippen molar-refractivity contribution in [2.24, 2.45) is 0 Å². The average Bonchev–Trinajstić information content (AvgIpc) is 3.50. The fraction of sp³-hybridized carbons (Fsp3) is 0.161. The lowest BCUT2D eigenvalue weighted by molar-refractivity contribution is 0.180. The van der Waals surface area contributed by atoms with E-state index in [1.165, 1.54) is 5.56 Å². The lowest BCUT2D eigenvalue weighted by atomic mass is 10.0. The normalized spacial score (nSPS) is 14.5. The Bertz CT molecular complexity index is 1590. The van der Waals surface area contributed by atoms with Crippen molar-refractivity contribution >= 4 is 17.6 Å². The van der Waals surface area contributed by atoms with Crippen LogP contribution in [0.3, 0.4) is 0 Å². The average molecular weight is 522 g/mol. The minimum Gasteiger partial charge on any atom is -0.334 e. The number of fused-ring (bicyclic) bond motifs is 3. The quantitative estimate of drug-likeness (QED) is 0.284. The number of benzene rings is 3. The molecule has 1 aliphatic rings. The van der Waals surface area contributed by atoms with E-state index in [9.17, 15) is 4.79 Å². The van der Waals surface area contributed by atoms with E-state index in [4.69, 9.17) is 16.7 Å². The van der Waals surface area contributed by atoms with Gasteiger partial charge < -0.3 is 14.8 Å². The van der Waals surface area contributed by atoms with Crippen molar-refractivity contribution in [2.45, 2.75) is 33.0 Å². The number of hydrogen-bond donors (Lipinski definition) is 1. The molecule has 1 aliphatic heterocycles. The molecule has 6 nitrogen and oxygen atoms in total. The van der Waals surface area contributed by atoms with Gasteiger partial charge in [0.2, 0.25) is 0 Å². The topological polar surface area (TPSA) is 55.1 Å². The molecule has 1 N–H and O–H groups in total. The Morgan fingerprint density at radius 3 is 2.42 bits per heavy atom. The first-order chi connectivity index (χ1) is 18.5. The number of nitrogens with zero attached hydrogens (tertiary/aromatic N) is 4. The minimum atomic E-state index is -0.323. The van der Waals surface area contributed by atoms with Crippen LogP contribution in [0.1, 0.15) is 39.7 Å². The number of carbonyl (C=O) groups is 1. The largest absolute Gasteiger partial charge is 0.334 e. The summed E-state index contributed by atoms with van der Waals surface area (Å²) in [6, 6.07) is 29.7. The zero-order valence-corrected chi connectivity index (χ0v) is 22.1. The molecule has 0 fully saturated rings. The number of aryl methyl sites for hydroxylation is 2. The molecular weight excluding hydrogens is 494 g/mol. The van der Waals surface area contributed by atoms with Gasteiger partial charge >= 0.3 is 6.03 Å². The molecule has 0 spiro atoms. The summed E-state index contributed by atoms with van der Waals surface area (Å²) in [6.07, 6.45) is 2.05. The van der Waals surface area contributed by atoms with Crippen LogP contribution in [0.25, 0.3) is 11.5 Å². The van der Waals surface area contributed by atoms with Gasteiger partial charge in [-0.3, -0.25) is 0 Å². The van der Waals surface area contributed by atoms with Gasteiger partial charge in [0.15, 0.2) is 0 Å². The van der Waals surface area contributed by atoms with E-state index in [0.717, 1.165) is 39.6 Å². The number of halogens is 1. The molecule has 6 rings (SSSR count). The maximum atomic E-state index is 13.9. The van der Waals surface area contributed by atoms with Crippen LogP contribution in [-0.2, 0) is 13.1 Å². The maximum Gasteiger partial charge on any atom is 0.318 e. The second kappa shape index (κ2) is 9.88. The van der Waals surface area contributed by atoms with Crippen molar-refractivity contribution < 1.29 is 4.79 Å². The number of hydrogen-bond acceptors (Lipinski definition) is 2. The number of aromatic nitrogens is 3. The van der Waals surface area contributed by atoms with E-state index in [2.05, 4.69) is 35.0 Å². The number of rotatable bonds is 4. The Balaban J connectivity index is 1.47. The van der Waals surface area contributed by atoms with Crippen molar-refractivity contribution in [3.8, 4) is 11.5 Å². The summed E-state index contributed by atoms with van der Waals surface area (Å²) in [5.41, 5.74) is 7.07. The Kier molecular flexibility index (Phi) is 6.26. The molecule has 1 atom stereocenters. The Hall–Kier alpha value is -4.29. The lowest BCUT2D eigenvalue weighted by Crippen LogP contribution is -2.41. The van der Waals surface area contributed by atoms with Crippen molar-refractivity contribution in [3.05, 3.63) is 136 Å². The van der Waals surface area contributed by atoms with Crippen LogP contribution in [-0.4, -0.2) is 25.3 Å².